The van der Waals surface area contributed by atoms with Crippen LogP contribution in [0.1, 0.15) is 42.2 Å². The lowest BCUT2D eigenvalue weighted by Gasteiger charge is -2.16. The van der Waals surface area contributed by atoms with Crippen LogP contribution in [-0.2, 0) is 4.79 Å². The average Bonchev–Trinajstić information content (AvgIpc) is 2.83. The van der Waals surface area contributed by atoms with Gasteiger partial charge in [0.1, 0.15) is 6.79 Å². The second-order valence-electron chi connectivity index (χ2n) is 7.87. The lowest BCUT2D eigenvalue weighted by Crippen LogP contribution is -2.15. The summed E-state index contributed by atoms with van der Waals surface area (Å²) < 4.78 is 0. The molecule has 0 heterocycles. The minimum absolute atomic E-state index is 0.0725. The molecule has 176 valence electrons. The lowest BCUT2D eigenvalue weighted by atomic mass is 9.88. The predicted octanol–water partition coefficient (Wildman–Crippen LogP) is 5.59. The summed E-state index contributed by atoms with van der Waals surface area (Å²) in [5.74, 6) is -2.98. The highest BCUT2D eigenvalue weighted by molar-refractivity contribution is 6.23. The van der Waals surface area contributed by atoms with Gasteiger partial charge in [-0.25, -0.2) is 9.59 Å². The Morgan fingerprint density at radius 2 is 1.23 bits per heavy atom. The Morgan fingerprint density at radius 1 is 0.686 bits per heavy atom. The number of rotatable bonds is 5. The van der Waals surface area contributed by atoms with E-state index in [4.69, 9.17) is 4.79 Å². The second-order valence-corrected chi connectivity index (χ2v) is 7.87. The predicted molar refractivity (Wildman–Crippen MR) is 134 cm³/mol. The zero-order chi connectivity index (χ0) is 25.7. The van der Waals surface area contributed by atoms with E-state index in [0.717, 1.165) is 16.7 Å². The standard InChI is InChI=1S/C27H21NO5.CH2O/c1-15-5-3-7-17(13-15)19-9-11-22(27(32)33)24-20(10-12-21(23(19)24)26(30)31)25(29)28-18-8-4-6-16(2)14-18;1-2/h3-14H,1-2H3,(H,28,29)(H,30,31)(H,32,33);1H2. The van der Waals surface area contributed by atoms with E-state index in [1.807, 2.05) is 51.0 Å². The summed E-state index contributed by atoms with van der Waals surface area (Å²) in [6.45, 7) is 5.81. The van der Waals surface area contributed by atoms with E-state index in [2.05, 4.69) is 5.32 Å². The minimum atomic E-state index is -1.25. The summed E-state index contributed by atoms with van der Waals surface area (Å²) >= 11 is 0. The van der Waals surface area contributed by atoms with Crippen molar-refractivity contribution in [3.63, 3.8) is 0 Å². The summed E-state index contributed by atoms with van der Waals surface area (Å²) in [5.41, 5.74) is 3.62. The fourth-order valence-electron chi connectivity index (χ4n) is 4.02. The van der Waals surface area contributed by atoms with E-state index in [1.165, 1.54) is 18.2 Å². The Balaban J connectivity index is 0.00000167. The highest BCUT2D eigenvalue weighted by Gasteiger charge is 2.24. The molecule has 0 aliphatic heterocycles. The number of aryl methyl sites for hydroxylation is 2. The van der Waals surface area contributed by atoms with Crippen molar-refractivity contribution in [2.75, 3.05) is 5.32 Å². The Morgan fingerprint density at radius 3 is 1.83 bits per heavy atom. The number of hydrogen-bond donors (Lipinski definition) is 3. The zero-order valence-corrected chi connectivity index (χ0v) is 19.2. The molecule has 0 aliphatic carbocycles. The molecule has 0 bridgehead atoms. The van der Waals surface area contributed by atoms with Crippen LogP contribution in [0, 0.1) is 13.8 Å². The van der Waals surface area contributed by atoms with E-state index in [9.17, 15) is 24.6 Å². The van der Waals surface area contributed by atoms with Gasteiger partial charge in [-0.1, -0.05) is 48.0 Å². The molecule has 0 spiro atoms. The average molecular weight is 469 g/mol. The Bertz CT molecular complexity index is 1460. The van der Waals surface area contributed by atoms with Crippen LogP contribution in [0.5, 0.6) is 0 Å². The van der Waals surface area contributed by atoms with Crippen LogP contribution in [0.3, 0.4) is 0 Å². The van der Waals surface area contributed by atoms with Crippen molar-refractivity contribution in [2.24, 2.45) is 0 Å². The summed E-state index contributed by atoms with van der Waals surface area (Å²) in [6, 6.07) is 20.4. The number of carboxylic acids is 2. The smallest absolute Gasteiger partial charge is 0.336 e. The summed E-state index contributed by atoms with van der Waals surface area (Å²) in [7, 11) is 0. The van der Waals surface area contributed by atoms with Gasteiger partial charge in [0, 0.05) is 22.0 Å². The number of carboxylic acid groups (broad SMARTS) is 2. The van der Waals surface area contributed by atoms with Crippen molar-refractivity contribution in [1.82, 2.24) is 0 Å². The van der Waals surface area contributed by atoms with Crippen molar-refractivity contribution >= 4 is 41.1 Å². The van der Waals surface area contributed by atoms with Gasteiger partial charge in [-0.2, -0.15) is 0 Å². The first-order valence-electron chi connectivity index (χ1n) is 10.6. The molecule has 0 radical (unpaired) electrons. The van der Waals surface area contributed by atoms with E-state index in [1.54, 1.807) is 24.3 Å². The molecular formula is C28H23NO6. The molecule has 1 amide bonds. The molecule has 7 nitrogen and oxygen atoms in total. The molecule has 0 unspecified atom stereocenters. The van der Waals surface area contributed by atoms with Crippen molar-refractivity contribution in [3.8, 4) is 11.1 Å². The van der Waals surface area contributed by atoms with Crippen LogP contribution in [0.25, 0.3) is 21.9 Å². The van der Waals surface area contributed by atoms with Gasteiger partial charge in [-0.15, -0.1) is 0 Å². The Labute approximate surface area is 201 Å². The SMILES string of the molecule is C=O.Cc1cccc(NC(=O)c2ccc(C(=O)O)c3c(-c4cccc(C)c4)ccc(C(=O)O)c23)c1. The van der Waals surface area contributed by atoms with Crippen molar-refractivity contribution < 1.29 is 29.4 Å². The van der Waals surface area contributed by atoms with Crippen LogP contribution < -0.4 is 5.32 Å². The van der Waals surface area contributed by atoms with Gasteiger partial charge >= 0.3 is 11.9 Å². The van der Waals surface area contributed by atoms with Crippen LogP contribution in [0.15, 0.2) is 72.8 Å². The summed E-state index contributed by atoms with van der Waals surface area (Å²) in [4.78, 5) is 45.5. The second kappa shape index (κ2) is 10.4. The summed E-state index contributed by atoms with van der Waals surface area (Å²) in [5, 5.41) is 22.9. The van der Waals surface area contributed by atoms with Gasteiger partial charge < -0.3 is 20.3 Å². The minimum Gasteiger partial charge on any atom is -0.478 e. The largest absolute Gasteiger partial charge is 0.478 e. The van der Waals surface area contributed by atoms with Gasteiger partial charge in [0.2, 0.25) is 0 Å². The first kappa shape index (κ1) is 24.9. The fourth-order valence-corrected chi connectivity index (χ4v) is 4.02. The highest BCUT2D eigenvalue weighted by atomic mass is 16.4. The van der Waals surface area contributed by atoms with Gasteiger partial charge in [0.05, 0.1) is 11.1 Å². The number of benzene rings is 4. The molecule has 0 atom stereocenters. The van der Waals surface area contributed by atoms with Crippen molar-refractivity contribution in [3.05, 3.63) is 101 Å². The fraction of sp³-hybridized carbons (Fsp3) is 0.0714. The molecule has 4 rings (SSSR count). The van der Waals surface area contributed by atoms with E-state index < -0.39 is 17.8 Å². The van der Waals surface area contributed by atoms with Gasteiger partial charge in [0.15, 0.2) is 0 Å². The molecule has 0 fully saturated rings. The molecule has 0 aliphatic rings. The van der Waals surface area contributed by atoms with E-state index >= 15 is 0 Å². The number of aromatic carboxylic acids is 2. The molecule has 35 heavy (non-hydrogen) atoms. The maximum absolute atomic E-state index is 13.2. The molecule has 7 heteroatoms. The monoisotopic (exact) mass is 469 g/mol. The number of hydrogen-bond acceptors (Lipinski definition) is 4. The zero-order valence-electron chi connectivity index (χ0n) is 19.2. The molecule has 0 saturated carbocycles. The maximum atomic E-state index is 13.2. The third kappa shape index (κ3) is 5.09. The van der Waals surface area contributed by atoms with Gasteiger partial charge in [0.25, 0.3) is 5.91 Å². The quantitative estimate of drug-likeness (QED) is 0.350. The van der Waals surface area contributed by atoms with Crippen molar-refractivity contribution in [2.45, 2.75) is 13.8 Å². The van der Waals surface area contributed by atoms with Crippen molar-refractivity contribution in [1.29, 1.82) is 0 Å². The number of amides is 1. The third-order valence-corrected chi connectivity index (χ3v) is 5.47. The maximum Gasteiger partial charge on any atom is 0.336 e. The molecule has 0 saturated heterocycles. The lowest BCUT2D eigenvalue weighted by molar-refractivity contribution is -0.0980. The number of carbonyl (C=O) groups excluding carboxylic acids is 2. The number of anilines is 1. The number of carbonyl (C=O) groups is 4. The van der Waals surface area contributed by atoms with Gasteiger partial charge in [-0.05, 0) is 60.9 Å². The molecule has 4 aromatic rings. The first-order chi connectivity index (χ1) is 16.8. The Kier molecular flexibility index (Phi) is 7.41. The van der Waals surface area contributed by atoms with E-state index in [0.29, 0.717) is 11.3 Å². The normalized spacial score (nSPS) is 10.2. The third-order valence-electron chi connectivity index (χ3n) is 5.47. The van der Waals surface area contributed by atoms with Crippen LogP contribution >= 0.6 is 0 Å². The van der Waals surface area contributed by atoms with Crippen LogP contribution in [0.4, 0.5) is 5.69 Å². The highest BCUT2D eigenvalue weighted by Crippen LogP contribution is 2.36. The number of fused-ring (bicyclic) bond motifs is 1. The van der Waals surface area contributed by atoms with Gasteiger partial charge in [-0.3, -0.25) is 4.79 Å². The first-order valence-corrected chi connectivity index (χ1v) is 10.6. The molecule has 3 N–H and O–H groups in total. The van der Waals surface area contributed by atoms with E-state index in [-0.39, 0.29) is 27.5 Å². The molecular weight excluding hydrogens is 446 g/mol. The molecule has 0 aromatic heterocycles. The number of nitrogens with one attached hydrogen (secondary N) is 1. The van der Waals surface area contributed by atoms with Crippen LogP contribution in [-0.4, -0.2) is 34.8 Å². The van der Waals surface area contributed by atoms with Crippen LogP contribution in [0.2, 0.25) is 0 Å². The molecule has 4 aromatic carbocycles. The topological polar surface area (TPSA) is 121 Å². The Hall–Kier alpha value is -4.78. The summed E-state index contributed by atoms with van der Waals surface area (Å²) in [6.07, 6.45) is 0.